The van der Waals surface area contributed by atoms with E-state index < -0.39 is 52.8 Å². The summed E-state index contributed by atoms with van der Waals surface area (Å²) in [7, 11) is 3.59. The van der Waals surface area contributed by atoms with Crippen LogP contribution in [0.1, 0.15) is 117 Å². The first kappa shape index (κ1) is 45.6. The molecule has 64 heavy (non-hydrogen) atoms. The Kier molecular flexibility index (Phi) is 12.0. The van der Waals surface area contributed by atoms with Gasteiger partial charge in [0.25, 0.3) is 0 Å². The molecule has 1 saturated heterocycles. The number of hydrogen-bond donors (Lipinski definition) is 8. The number of aliphatic hydroxyl groups excluding tert-OH is 5. The number of carbonyl (C=O) groups excluding carboxylic acids is 1. The van der Waals surface area contributed by atoms with E-state index in [0.29, 0.717) is 36.0 Å². The molecule has 0 spiro atoms. The monoisotopic (exact) mass is 919 g/mol. The van der Waals surface area contributed by atoms with Crippen molar-refractivity contribution in [2.24, 2.45) is 80.2 Å². The Bertz CT molecular complexity index is 2110. The number of nitrogens with zero attached hydrogens (tertiary/aromatic N) is 3. The summed E-state index contributed by atoms with van der Waals surface area (Å²) in [5, 5.41) is 75.6. The molecular formula is C50H73N5O7S2. The number of rotatable bonds is 5. The molecule has 9 N–H and O–H groups in total. The maximum atomic E-state index is 14.6. The zero-order chi connectivity index (χ0) is 45.1. The Balaban J connectivity index is 1.16. The zero-order valence-corrected chi connectivity index (χ0v) is 39.9. The summed E-state index contributed by atoms with van der Waals surface area (Å²) in [4.78, 5) is 23.9. The van der Waals surface area contributed by atoms with E-state index in [1.165, 1.54) is 24.0 Å². The first-order chi connectivity index (χ1) is 30.5. The maximum absolute atomic E-state index is 14.6. The van der Waals surface area contributed by atoms with Gasteiger partial charge in [-0.3, -0.25) is 9.79 Å². The molecule has 0 radical (unpaired) electrons. The molecular weight excluding hydrogens is 847 g/mol. The Morgan fingerprint density at radius 2 is 1.80 bits per heavy atom. The van der Waals surface area contributed by atoms with Crippen LogP contribution >= 0.6 is 21.6 Å². The number of allylic oxidation sites excluding steroid dienone is 3. The third kappa shape index (κ3) is 6.93. The standard InChI is InChI=1S/C50H73N5O7S2/c1-26(57)54-46(51)53-21-28-18-49(24-56)35-15-29(50(49,62)37-17-38(58)36-16-39(59)40(60)20-48(36,4)43(28)37)22-63-64-23-30(55-13-12-52-25-55)19-47(2,3)44-33-10-6-5-9-31(33)32-11-7-8-27-14-34(35)45(61)42(44)41(27)32/h12-13,17,25-31,34-36,39-40,42-43,45,56-57,59-62H,5-11,14-16,18-24H2,1-4H3,(H3,51,53,54). The lowest BCUT2D eigenvalue weighted by Crippen LogP contribution is -2.67. The Morgan fingerprint density at radius 3 is 2.55 bits per heavy atom. The molecule has 8 aliphatic carbocycles. The van der Waals surface area contributed by atoms with Gasteiger partial charge in [-0.1, -0.05) is 71.1 Å². The molecule has 352 valence electrons. The van der Waals surface area contributed by atoms with Gasteiger partial charge in [-0.2, -0.15) is 0 Å². The molecule has 1 aliphatic heterocycles. The van der Waals surface area contributed by atoms with Crippen LogP contribution in [-0.2, 0) is 4.79 Å². The van der Waals surface area contributed by atoms with Crippen molar-refractivity contribution in [3.8, 4) is 0 Å². The van der Waals surface area contributed by atoms with Crippen molar-refractivity contribution in [1.82, 2.24) is 14.9 Å². The number of aromatic nitrogens is 2. The highest BCUT2D eigenvalue weighted by Gasteiger charge is 2.74. The highest BCUT2D eigenvalue weighted by atomic mass is 33.1. The van der Waals surface area contributed by atoms with Crippen molar-refractivity contribution in [2.75, 3.05) is 24.7 Å². The van der Waals surface area contributed by atoms with E-state index in [1.54, 1.807) is 34.9 Å². The van der Waals surface area contributed by atoms with E-state index in [0.717, 1.165) is 50.7 Å². The van der Waals surface area contributed by atoms with Gasteiger partial charge in [0.15, 0.2) is 11.7 Å². The van der Waals surface area contributed by atoms with E-state index in [9.17, 15) is 35.4 Å². The number of nitrogens with two attached hydrogens (primary N) is 1. The molecule has 17 unspecified atom stereocenters. The van der Waals surface area contributed by atoms with Gasteiger partial charge in [0.2, 0.25) is 0 Å². The molecule has 12 nitrogen and oxygen atoms in total. The van der Waals surface area contributed by atoms with Gasteiger partial charge in [-0.05, 0) is 136 Å². The Labute approximate surface area is 386 Å². The molecule has 17 atom stereocenters. The van der Waals surface area contributed by atoms with Gasteiger partial charge in [-0.25, -0.2) is 4.98 Å². The minimum Gasteiger partial charge on any atom is -0.396 e. The van der Waals surface area contributed by atoms with Crippen LogP contribution in [0.25, 0.3) is 0 Å². The summed E-state index contributed by atoms with van der Waals surface area (Å²) in [6.45, 7) is 8.37. The molecule has 1 aromatic rings. The molecule has 14 heteroatoms. The van der Waals surface area contributed by atoms with Crippen molar-refractivity contribution in [3.05, 3.63) is 52.7 Å². The number of hydrogen-bond acceptors (Lipinski definition) is 11. The van der Waals surface area contributed by atoms with Gasteiger partial charge < -0.3 is 46.3 Å². The second-order valence-electron chi connectivity index (χ2n) is 22.7. The van der Waals surface area contributed by atoms with Gasteiger partial charge >= 0.3 is 0 Å². The van der Waals surface area contributed by atoms with E-state index >= 15 is 0 Å². The van der Waals surface area contributed by atoms with Gasteiger partial charge in [0.1, 0.15) is 6.23 Å². The average Bonchev–Trinajstić information content (AvgIpc) is 3.88. The smallest absolute Gasteiger partial charge is 0.190 e. The summed E-state index contributed by atoms with van der Waals surface area (Å²) in [6, 6.07) is 0.151. The van der Waals surface area contributed by atoms with Crippen LogP contribution in [0.4, 0.5) is 0 Å². The topological polar surface area (TPSA) is 207 Å². The summed E-state index contributed by atoms with van der Waals surface area (Å²) in [6.07, 6.45) is 14.8. The molecule has 6 fully saturated rings. The number of fused-ring (bicyclic) bond motifs is 13. The zero-order valence-electron chi connectivity index (χ0n) is 38.2. The molecule has 0 aromatic carbocycles. The normalized spacial score (nSPS) is 45.9. The predicted octanol–water partition coefficient (Wildman–Crippen LogP) is 5.70. The van der Waals surface area contributed by atoms with Gasteiger partial charge in [-0.15, -0.1) is 0 Å². The average molecular weight is 920 g/mol. The first-order valence-corrected chi connectivity index (χ1v) is 27.1. The van der Waals surface area contributed by atoms with E-state index in [-0.39, 0.29) is 78.8 Å². The first-order valence-electron chi connectivity index (χ1n) is 24.6. The molecule has 5 saturated carbocycles. The third-order valence-electron chi connectivity index (χ3n) is 19.0. The number of ketones is 1. The largest absolute Gasteiger partial charge is 0.396 e. The van der Waals surface area contributed by atoms with Gasteiger partial charge in [0, 0.05) is 65.6 Å². The van der Waals surface area contributed by atoms with Crippen LogP contribution < -0.4 is 11.1 Å². The van der Waals surface area contributed by atoms with Crippen LogP contribution in [0.15, 0.2) is 57.7 Å². The second-order valence-corrected chi connectivity index (χ2v) is 25.3. The number of aliphatic hydroxyl groups is 6. The quantitative estimate of drug-likeness (QED) is 0.0589. The predicted molar refractivity (Wildman–Crippen MR) is 250 cm³/mol. The van der Waals surface area contributed by atoms with Gasteiger partial charge in [0.05, 0.1) is 36.8 Å². The Hall–Kier alpha value is -2.17. The van der Waals surface area contributed by atoms with Crippen LogP contribution in [0.5, 0.6) is 0 Å². The number of aliphatic imine (C=N–C) groups is 1. The van der Waals surface area contributed by atoms with Crippen LogP contribution in [-0.4, -0.2) is 107 Å². The molecule has 2 heterocycles. The van der Waals surface area contributed by atoms with Crippen molar-refractivity contribution in [2.45, 2.75) is 147 Å². The molecule has 4 bridgehead atoms. The fourth-order valence-corrected chi connectivity index (χ4v) is 19.5. The third-order valence-corrected chi connectivity index (χ3v) is 21.6. The van der Waals surface area contributed by atoms with Crippen molar-refractivity contribution < 1.29 is 35.4 Å². The van der Waals surface area contributed by atoms with Crippen LogP contribution in [0.3, 0.4) is 0 Å². The van der Waals surface area contributed by atoms with Crippen LogP contribution in [0.2, 0.25) is 0 Å². The lowest BCUT2D eigenvalue weighted by Gasteiger charge is -2.64. The lowest BCUT2D eigenvalue weighted by atomic mass is 9.41. The van der Waals surface area contributed by atoms with E-state index in [4.69, 9.17) is 10.7 Å². The molecule has 1 aromatic heterocycles. The SMILES string of the molecule is CC(O)NC(N)=NCC1CC2(CO)C3CC(CSSCC(n4ccnc4)CC(C)(C)C4=C5CCCCC5C5=C6C(CCC5)CC3C(O)C64)C2(O)C2=CC(=O)C3CC(O)C(O)CC3(C)C21. The summed E-state index contributed by atoms with van der Waals surface area (Å²) in [5.41, 5.74) is 9.39. The molecule has 9 aliphatic rings. The summed E-state index contributed by atoms with van der Waals surface area (Å²) >= 11 is 0. The van der Waals surface area contributed by atoms with Crippen LogP contribution in [0, 0.1) is 69.5 Å². The molecule has 0 amide bonds. The minimum atomic E-state index is -1.60. The van der Waals surface area contributed by atoms with E-state index in [1.807, 2.05) is 30.2 Å². The number of carbonyl (C=O) groups is 1. The lowest BCUT2D eigenvalue weighted by molar-refractivity contribution is -0.185. The second kappa shape index (κ2) is 16.8. The highest BCUT2D eigenvalue weighted by molar-refractivity contribution is 8.76. The fourth-order valence-electron chi connectivity index (χ4n) is 16.8. The van der Waals surface area contributed by atoms with Crippen molar-refractivity contribution in [1.29, 1.82) is 0 Å². The van der Waals surface area contributed by atoms with Crippen molar-refractivity contribution >= 4 is 33.3 Å². The molecule has 10 rings (SSSR count). The minimum absolute atomic E-state index is 0.0810. The fraction of sp³-hybridized carbons (Fsp3) is 0.780. The Morgan fingerprint density at radius 1 is 1.02 bits per heavy atom. The summed E-state index contributed by atoms with van der Waals surface area (Å²) in [5.74, 6) is -0.112. The maximum Gasteiger partial charge on any atom is 0.190 e. The number of guanidine groups is 1. The van der Waals surface area contributed by atoms with Crippen molar-refractivity contribution in [3.63, 3.8) is 0 Å². The number of nitrogens with one attached hydrogen (secondary N) is 1. The number of imidazole rings is 1. The van der Waals surface area contributed by atoms with E-state index in [2.05, 4.69) is 34.9 Å². The summed E-state index contributed by atoms with van der Waals surface area (Å²) < 4.78 is 2.26. The highest BCUT2D eigenvalue weighted by Crippen LogP contribution is 2.73.